The van der Waals surface area contributed by atoms with Crippen molar-refractivity contribution in [2.24, 2.45) is 0 Å². The molecule has 2 aromatic carbocycles. The SMILES string of the molecule is COC(=O)c1cnc(Nc2cccc(C#N)c2)c2ccccc12. The Hall–Kier alpha value is -3.39. The van der Waals surface area contributed by atoms with Crippen molar-refractivity contribution in [3.8, 4) is 6.07 Å². The van der Waals surface area contributed by atoms with Crippen molar-refractivity contribution >= 4 is 28.2 Å². The maximum atomic E-state index is 11.9. The molecule has 5 heteroatoms. The minimum absolute atomic E-state index is 0.416. The van der Waals surface area contributed by atoms with Gasteiger partial charge in [-0.25, -0.2) is 9.78 Å². The van der Waals surface area contributed by atoms with E-state index in [1.54, 1.807) is 18.2 Å². The zero-order valence-corrected chi connectivity index (χ0v) is 12.4. The summed E-state index contributed by atoms with van der Waals surface area (Å²) < 4.78 is 4.80. The van der Waals surface area contributed by atoms with Crippen LogP contribution in [0.4, 0.5) is 11.5 Å². The number of methoxy groups -OCH3 is 1. The summed E-state index contributed by atoms with van der Waals surface area (Å²) in [4.78, 5) is 16.2. The minimum Gasteiger partial charge on any atom is -0.465 e. The summed E-state index contributed by atoms with van der Waals surface area (Å²) in [6, 6.07) is 16.7. The number of aromatic nitrogens is 1. The van der Waals surface area contributed by atoms with E-state index in [-0.39, 0.29) is 0 Å². The van der Waals surface area contributed by atoms with Gasteiger partial charge in [0.2, 0.25) is 0 Å². The van der Waals surface area contributed by atoms with Gasteiger partial charge in [0.15, 0.2) is 0 Å². The summed E-state index contributed by atoms with van der Waals surface area (Å²) in [6.07, 6.45) is 1.49. The topological polar surface area (TPSA) is 75.0 Å². The Morgan fingerprint density at radius 1 is 1.17 bits per heavy atom. The van der Waals surface area contributed by atoms with Gasteiger partial charge in [-0.1, -0.05) is 30.3 Å². The summed E-state index contributed by atoms with van der Waals surface area (Å²) >= 11 is 0. The number of nitrogens with zero attached hydrogens (tertiary/aromatic N) is 2. The lowest BCUT2D eigenvalue weighted by Crippen LogP contribution is -2.04. The fourth-order valence-electron chi connectivity index (χ4n) is 2.37. The number of nitriles is 1. The molecule has 0 spiro atoms. The smallest absolute Gasteiger partial charge is 0.340 e. The third kappa shape index (κ3) is 2.83. The third-order valence-electron chi connectivity index (χ3n) is 3.45. The summed E-state index contributed by atoms with van der Waals surface area (Å²) in [7, 11) is 1.34. The lowest BCUT2D eigenvalue weighted by atomic mass is 10.1. The van der Waals surface area contributed by atoms with Crippen LogP contribution in [0.2, 0.25) is 0 Å². The number of carbonyl (C=O) groups excluding carboxylic acids is 1. The number of fused-ring (bicyclic) bond motifs is 1. The number of anilines is 2. The molecule has 112 valence electrons. The number of rotatable bonds is 3. The van der Waals surface area contributed by atoms with Crippen LogP contribution in [-0.2, 0) is 4.74 Å². The standard InChI is InChI=1S/C18H13N3O2/c1-23-18(22)16-11-20-17(15-8-3-2-7-14(15)16)21-13-6-4-5-12(9-13)10-19/h2-9,11H,1H3,(H,20,21). The van der Waals surface area contributed by atoms with Crippen LogP contribution in [0.1, 0.15) is 15.9 Å². The zero-order chi connectivity index (χ0) is 16.2. The van der Waals surface area contributed by atoms with Gasteiger partial charge in [0.25, 0.3) is 0 Å². The van der Waals surface area contributed by atoms with Crippen molar-refractivity contribution in [2.75, 3.05) is 12.4 Å². The van der Waals surface area contributed by atoms with Crippen molar-refractivity contribution < 1.29 is 9.53 Å². The summed E-state index contributed by atoms with van der Waals surface area (Å²) in [6.45, 7) is 0. The maximum absolute atomic E-state index is 11.9. The maximum Gasteiger partial charge on any atom is 0.340 e. The molecule has 0 atom stereocenters. The number of ether oxygens (including phenoxy) is 1. The predicted octanol–water partition coefficient (Wildman–Crippen LogP) is 3.64. The highest BCUT2D eigenvalue weighted by Crippen LogP contribution is 2.27. The number of hydrogen-bond acceptors (Lipinski definition) is 5. The first-order valence-corrected chi connectivity index (χ1v) is 6.96. The number of esters is 1. The van der Waals surface area contributed by atoms with E-state index in [1.165, 1.54) is 13.3 Å². The van der Waals surface area contributed by atoms with Crippen LogP contribution in [0.3, 0.4) is 0 Å². The highest BCUT2D eigenvalue weighted by Gasteiger charge is 2.13. The van der Waals surface area contributed by atoms with Gasteiger partial charge in [0, 0.05) is 22.7 Å². The van der Waals surface area contributed by atoms with Gasteiger partial charge in [0.05, 0.1) is 24.3 Å². The van der Waals surface area contributed by atoms with Crippen LogP contribution in [0.15, 0.2) is 54.7 Å². The second-order valence-corrected chi connectivity index (χ2v) is 4.88. The quantitative estimate of drug-likeness (QED) is 0.748. The first-order valence-electron chi connectivity index (χ1n) is 6.96. The summed E-state index contributed by atoms with van der Waals surface area (Å²) in [5.41, 5.74) is 1.73. The number of hydrogen-bond donors (Lipinski definition) is 1. The lowest BCUT2D eigenvalue weighted by Gasteiger charge is -2.11. The number of nitrogens with one attached hydrogen (secondary N) is 1. The largest absolute Gasteiger partial charge is 0.465 e. The minimum atomic E-state index is -0.424. The second kappa shape index (κ2) is 6.16. The van der Waals surface area contributed by atoms with Gasteiger partial charge in [-0.3, -0.25) is 0 Å². The molecule has 0 amide bonds. The van der Waals surface area contributed by atoms with Crippen LogP contribution < -0.4 is 5.32 Å². The number of carbonyl (C=O) groups is 1. The van der Waals surface area contributed by atoms with E-state index in [1.807, 2.05) is 30.3 Å². The molecular formula is C18H13N3O2. The van der Waals surface area contributed by atoms with Crippen LogP contribution in [-0.4, -0.2) is 18.1 Å². The highest BCUT2D eigenvalue weighted by atomic mass is 16.5. The number of benzene rings is 2. The Balaban J connectivity index is 2.09. The molecule has 0 saturated carbocycles. The molecule has 5 nitrogen and oxygen atoms in total. The van der Waals surface area contributed by atoms with Crippen molar-refractivity contribution in [1.29, 1.82) is 5.26 Å². The molecule has 0 saturated heterocycles. The van der Waals surface area contributed by atoms with Crippen molar-refractivity contribution in [2.45, 2.75) is 0 Å². The molecule has 0 radical (unpaired) electrons. The van der Waals surface area contributed by atoms with Crippen molar-refractivity contribution in [3.05, 3.63) is 65.9 Å². The first kappa shape index (κ1) is 14.5. The average Bonchev–Trinajstić information content (AvgIpc) is 2.61. The fraction of sp³-hybridized carbons (Fsp3) is 0.0556. The van der Waals surface area contributed by atoms with Gasteiger partial charge >= 0.3 is 5.97 Å². The fourth-order valence-corrected chi connectivity index (χ4v) is 2.37. The van der Waals surface area contributed by atoms with Crippen molar-refractivity contribution in [1.82, 2.24) is 4.98 Å². The molecule has 23 heavy (non-hydrogen) atoms. The Labute approximate surface area is 133 Å². The highest BCUT2D eigenvalue weighted by molar-refractivity contribution is 6.07. The molecule has 0 bridgehead atoms. The molecule has 1 aromatic heterocycles. The molecule has 0 aliphatic rings. The molecular weight excluding hydrogens is 290 g/mol. The van der Waals surface area contributed by atoms with Gasteiger partial charge in [-0.2, -0.15) is 5.26 Å². The van der Waals surface area contributed by atoms with Gasteiger partial charge in [-0.15, -0.1) is 0 Å². The van der Waals surface area contributed by atoms with E-state index >= 15 is 0 Å². The van der Waals surface area contributed by atoms with E-state index in [0.29, 0.717) is 16.9 Å². The molecule has 0 aliphatic heterocycles. The normalized spacial score (nSPS) is 10.1. The van der Waals surface area contributed by atoms with Crippen molar-refractivity contribution in [3.63, 3.8) is 0 Å². The van der Waals surface area contributed by atoms with Crippen LogP contribution >= 0.6 is 0 Å². The molecule has 0 unspecified atom stereocenters. The van der Waals surface area contributed by atoms with Crippen LogP contribution in [0.25, 0.3) is 10.8 Å². The Kier molecular flexibility index (Phi) is 3.89. The first-order chi connectivity index (χ1) is 11.2. The molecule has 0 fully saturated rings. The molecule has 0 aliphatic carbocycles. The molecule has 3 rings (SSSR count). The Morgan fingerprint density at radius 3 is 2.70 bits per heavy atom. The lowest BCUT2D eigenvalue weighted by molar-refractivity contribution is 0.0602. The van der Waals surface area contributed by atoms with Gasteiger partial charge in [0.1, 0.15) is 5.82 Å². The molecule has 1 heterocycles. The van der Waals surface area contributed by atoms with Crippen LogP contribution in [0.5, 0.6) is 0 Å². The third-order valence-corrected chi connectivity index (χ3v) is 3.45. The molecule has 1 N–H and O–H groups in total. The predicted molar refractivity (Wildman–Crippen MR) is 87.5 cm³/mol. The van der Waals surface area contributed by atoms with Gasteiger partial charge < -0.3 is 10.1 Å². The zero-order valence-electron chi connectivity index (χ0n) is 12.4. The van der Waals surface area contributed by atoms with E-state index in [0.717, 1.165) is 16.5 Å². The van der Waals surface area contributed by atoms with E-state index in [2.05, 4.69) is 16.4 Å². The molecule has 3 aromatic rings. The number of pyridine rings is 1. The Bertz CT molecular complexity index is 929. The van der Waals surface area contributed by atoms with E-state index in [9.17, 15) is 4.79 Å². The summed E-state index contributed by atoms with van der Waals surface area (Å²) in [5, 5.41) is 13.7. The van der Waals surface area contributed by atoms with Crippen LogP contribution in [0, 0.1) is 11.3 Å². The second-order valence-electron chi connectivity index (χ2n) is 4.88. The Morgan fingerprint density at radius 2 is 1.96 bits per heavy atom. The van der Waals surface area contributed by atoms with E-state index in [4.69, 9.17) is 10.00 Å². The average molecular weight is 303 g/mol. The van der Waals surface area contributed by atoms with E-state index < -0.39 is 5.97 Å². The monoisotopic (exact) mass is 303 g/mol. The van der Waals surface area contributed by atoms with Gasteiger partial charge in [-0.05, 0) is 18.2 Å². The summed E-state index contributed by atoms with van der Waals surface area (Å²) in [5.74, 6) is 0.190.